The van der Waals surface area contributed by atoms with Crippen molar-refractivity contribution in [2.45, 2.75) is 44.3 Å². The lowest BCUT2D eigenvalue weighted by atomic mass is 9.91. The molecule has 0 saturated heterocycles. The van der Waals surface area contributed by atoms with Gasteiger partial charge in [0.15, 0.2) is 0 Å². The van der Waals surface area contributed by atoms with E-state index < -0.39 is 0 Å². The van der Waals surface area contributed by atoms with Crippen LogP contribution in [0.1, 0.15) is 31.2 Å². The maximum absolute atomic E-state index is 5.95. The Morgan fingerprint density at radius 2 is 2.10 bits per heavy atom. The summed E-state index contributed by atoms with van der Waals surface area (Å²) in [6.45, 7) is 0.755. The Labute approximate surface area is 119 Å². The highest BCUT2D eigenvalue weighted by atomic mass is 15.3. The van der Waals surface area contributed by atoms with Crippen LogP contribution in [0.25, 0.3) is 0 Å². The van der Waals surface area contributed by atoms with E-state index in [1.807, 2.05) is 4.68 Å². The Kier molecular flexibility index (Phi) is 3.97. The molecule has 1 heterocycles. The monoisotopic (exact) mass is 271 g/mol. The Hall–Kier alpha value is -1.88. The van der Waals surface area contributed by atoms with Crippen molar-refractivity contribution in [1.29, 1.82) is 0 Å². The summed E-state index contributed by atoms with van der Waals surface area (Å²) >= 11 is 0. The van der Waals surface area contributed by atoms with Crippen molar-refractivity contribution in [3.05, 3.63) is 42.5 Å². The van der Waals surface area contributed by atoms with Crippen LogP contribution in [0.15, 0.2) is 36.9 Å². The molecule has 1 aromatic carbocycles. The second kappa shape index (κ2) is 6.05. The smallest absolute Gasteiger partial charge is 0.137 e. The van der Waals surface area contributed by atoms with Crippen LogP contribution in [0.2, 0.25) is 0 Å². The average Bonchev–Trinajstić information content (AvgIpc) is 2.95. The van der Waals surface area contributed by atoms with Crippen molar-refractivity contribution in [3.8, 4) is 0 Å². The van der Waals surface area contributed by atoms with E-state index >= 15 is 0 Å². The van der Waals surface area contributed by atoms with E-state index in [1.165, 1.54) is 11.3 Å². The third-order valence-electron chi connectivity index (χ3n) is 3.88. The molecule has 0 bridgehead atoms. The Morgan fingerprint density at radius 3 is 2.85 bits per heavy atom. The van der Waals surface area contributed by atoms with Crippen molar-refractivity contribution in [2.75, 3.05) is 5.32 Å². The predicted octanol–water partition coefficient (Wildman–Crippen LogP) is 2.01. The molecule has 5 nitrogen and oxygen atoms in total. The molecule has 1 fully saturated rings. The zero-order valence-corrected chi connectivity index (χ0v) is 11.6. The number of nitrogens with zero attached hydrogens (tertiary/aromatic N) is 3. The standard InChI is InChI=1S/C15H21N5/c16-13-4-6-14(7-5-13)19-15-3-1-2-12(8-15)9-20-11-17-10-18-20/h1-3,8,10-11,13-14,19H,4-7,9,16H2. The first kappa shape index (κ1) is 13.1. The number of aromatic nitrogens is 3. The lowest BCUT2D eigenvalue weighted by Gasteiger charge is -2.27. The molecular weight excluding hydrogens is 250 g/mol. The molecule has 0 amide bonds. The zero-order valence-electron chi connectivity index (χ0n) is 11.6. The Morgan fingerprint density at radius 1 is 1.25 bits per heavy atom. The van der Waals surface area contributed by atoms with E-state index in [1.54, 1.807) is 12.7 Å². The number of nitrogens with two attached hydrogens (primary N) is 1. The summed E-state index contributed by atoms with van der Waals surface area (Å²) in [4.78, 5) is 3.97. The van der Waals surface area contributed by atoms with Crippen LogP contribution in [0.4, 0.5) is 5.69 Å². The summed E-state index contributed by atoms with van der Waals surface area (Å²) in [7, 11) is 0. The average molecular weight is 271 g/mol. The molecule has 106 valence electrons. The van der Waals surface area contributed by atoms with Crippen molar-refractivity contribution in [1.82, 2.24) is 14.8 Å². The van der Waals surface area contributed by atoms with Crippen LogP contribution >= 0.6 is 0 Å². The molecule has 1 aliphatic rings. The van der Waals surface area contributed by atoms with Crippen LogP contribution in [0, 0.1) is 0 Å². The van der Waals surface area contributed by atoms with E-state index in [9.17, 15) is 0 Å². The molecule has 1 saturated carbocycles. The van der Waals surface area contributed by atoms with Gasteiger partial charge in [-0.2, -0.15) is 5.10 Å². The molecule has 20 heavy (non-hydrogen) atoms. The number of benzene rings is 1. The minimum atomic E-state index is 0.395. The van der Waals surface area contributed by atoms with Gasteiger partial charge in [-0.1, -0.05) is 12.1 Å². The van der Waals surface area contributed by atoms with Gasteiger partial charge in [-0.15, -0.1) is 0 Å². The lowest BCUT2D eigenvalue weighted by Crippen LogP contribution is -2.32. The normalized spacial score (nSPS) is 22.6. The molecule has 0 radical (unpaired) electrons. The van der Waals surface area contributed by atoms with Gasteiger partial charge in [-0.3, -0.25) is 0 Å². The minimum Gasteiger partial charge on any atom is -0.382 e. The highest BCUT2D eigenvalue weighted by molar-refractivity contribution is 5.46. The quantitative estimate of drug-likeness (QED) is 0.892. The van der Waals surface area contributed by atoms with Crippen LogP contribution in [-0.2, 0) is 6.54 Å². The number of rotatable bonds is 4. The van der Waals surface area contributed by atoms with Crippen molar-refractivity contribution >= 4 is 5.69 Å². The third kappa shape index (κ3) is 3.36. The number of hydrogen-bond acceptors (Lipinski definition) is 4. The summed E-state index contributed by atoms with van der Waals surface area (Å²) in [5.41, 5.74) is 8.36. The van der Waals surface area contributed by atoms with Gasteiger partial charge in [0.1, 0.15) is 12.7 Å². The number of hydrogen-bond donors (Lipinski definition) is 2. The minimum absolute atomic E-state index is 0.395. The Balaban J connectivity index is 1.62. The first-order valence-corrected chi connectivity index (χ1v) is 7.23. The fourth-order valence-electron chi connectivity index (χ4n) is 2.76. The summed E-state index contributed by atoms with van der Waals surface area (Å²) in [6, 6.07) is 9.46. The first-order valence-electron chi connectivity index (χ1n) is 7.23. The van der Waals surface area contributed by atoms with Gasteiger partial charge >= 0.3 is 0 Å². The summed E-state index contributed by atoms with van der Waals surface area (Å²) in [6.07, 6.45) is 7.87. The van der Waals surface area contributed by atoms with Crippen molar-refractivity contribution in [2.24, 2.45) is 5.73 Å². The van der Waals surface area contributed by atoms with Gasteiger partial charge in [0, 0.05) is 17.8 Å². The molecule has 0 atom stereocenters. The van der Waals surface area contributed by atoms with Crippen molar-refractivity contribution in [3.63, 3.8) is 0 Å². The molecule has 0 aliphatic heterocycles. The molecule has 3 N–H and O–H groups in total. The second-order valence-electron chi connectivity index (χ2n) is 5.55. The van der Waals surface area contributed by atoms with Gasteiger partial charge in [0.25, 0.3) is 0 Å². The SMILES string of the molecule is NC1CCC(Nc2cccc(Cn3cncn3)c2)CC1. The second-order valence-corrected chi connectivity index (χ2v) is 5.55. The van der Waals surface area contributed by atoms with E-state index in [4.69, 9.17) is 5.73 Å². The van der Waals surface area contributed by atoms with Crippen LogP contribution in [-0.4, -0.2) is 26.8 Å². The lowest BCUT2D eigenvalue weighted by molar-refractivity contribution is 0.411. The molecule has 1 aliphatic carbocycles. The largest absolute Gasteiger partial charge is 0.382 e. The van der Waals surface area contributed by atoms with E-state index in [-0.39, 0.29) is 0 Å². The van der Waals surface area contributed by atoms with E-state index in [2.05, 4.69) is 39.7 Å². The molecule has 1 aromatic heterocycles. The first-order chi connectivity index (χ1) is 9.79. The molecule has 0 spiro atoms. The summed E-state index contributed by atoms with van der Waals surface area (Å²) < 4.78 is 1.83. The maximum Gasteiger partial charge on any atom is 0.137 e. The number of nitrogens with one attached hydrogen (secondary N) is 1. The maximum atomic E-state index is 5.95. The fraction of sp³-hybridized carbons (Fsp3) is 0.467. The van der Waals surface area contributed by atoms with Crippen molar-refractivity contribution < 1.29 is 0 Å². The van der Waals surface area contributed by atoms with Gasteiger partial charge in [0.05, 0.1) is 6.54 Å². The van der Waals surface area contributed by atoms with Crippen LogP contribution in [0.3, 0.4) is 0 Å². The van der Waals surface area contributed by atoms with Gasteiger partial charge < -0.3 is 11.1 Å². The molecule has 3 rings (SSSR count). The van der Waals surface area contributed by atoms with Gasteiger partial charge in [0.2, 0.25) is 0 Å². The van der Waals surface area contributed by atoms with Gasteiger partial charge in [-0.25, -0.2) is 9.67 Å². The third-order valence-corrected chi connectivity index (χ3v) is 3.88. The Bertz CT molecular complexity index is 529. The van der Waals surface area contributed by atoms with Crippen LogP contribution < -0.4 is 11.1 Å². The molecule has 0 unspecified atom stereocenters. The molecule has 5 heteroatoms. The highest BCUT2D eigenvalue weighted by Crippen LogP contribution is 2.21. The van der Waals surface area contributed by atoms with E-state index in [0.29, 0.717) is 12.1 Å². The van der Waals surface area contributed by atoms with Gasteiger partial charge in [-0.05, 0) is 43.4 Å². The predicted molar refractivity (Wildman–Crippen MR) is 79.4 cm³/mol. The molecular formula is C15H21N5. The van der Waals surface area contributed by atoms with E-state index in [0.717, 1.165) is 32.2 Å². The summed E-state index contributed by atoms with van der Waals surface area (Å²) in [5, 5.41) is 7.76. The fourth-order valence-corrected chi connectivity index (χ4v) is 2.76. The number of anilines is 1. The topological polar surface area (TPSA) is 68.8 Å². The zero-order chi connectivity index (χ0) is 13.8. The highest BCUT2D eigenvalue weighted by Gasteiger charge is 2.18. The van der Waals surface area contributed by atoms with Crippen LogP contribution in [0.5, 0.6) is 0 Å². The molecule has 2 aromatic rings. The summed E-state index contributed by atoms with van der Waals surface area (Å²) in [5.74, 6) is 0.